The van der Waals surface area contributed by atoms with E-state index in [4.69, 9.17) is 9.47 Å². The van der Waals surface area contributed by atoms with Gasteiger partial charge in [-0.05, 0) is 26.0 Å². The standard InChI is InChI=1S/C25H27F5N4O4/c1-12-10-31-11-18(35)34(12)17-9-14(7-8-32-17)33-23(36)22-19(13(2)24(3,38-22)25(28,29)30)15-5-6-16(26)20(27)21(15)37-4/h5-9,12-13,19,22,31H,10-11H2,1-4H3,(H,32,33,36)/t12-,13-,19-,22+,24+/m0/s1. The molecule has 0 aliphatic carbocycles. The van der Waals surface area contributed by atoms with E-state index in [2.05, 4.69) is 15.6 Å². The zero-order valence-electron chi connectivity index (χ0n) is 21.0. The lowest BCUT2D eigenvalue weighted by Gasteiger charge is -2.33. The number of hydrogen-bond donors (Lipinski definition) is 2. The molecule has 38 heavy (non-hydrogen) atoms. The van der Waals surface area contributed by atoms with Crippen molar-refractivity contribution in [3.05, 3.63) is 47.7 Å². The molecule has 2 aliphatic rings. The summed E-state index contributed by atoms with van der Waals surface area (Å²) in [5.41, 5.74) is -2.75. The van der Waals surface area contributed by atoms with Gasteiger partial charge in [0.05, 0.1) is 13.7 Å². The number of carbonyl (C=O) groups excluding carboxylic acids is 2. The van der Waals surface area contributed by atoms with E-state index in [0.717, 1.165) is 26.2 Å². The van der Waals surface area contributed by atoms with Crippen LogP contribution in [0.25, 0.3) is 0 Å². The fourth-order valence-electron chi connectivity index (χ4n) is 5.05. The number of benzene rings is 1. The highest BCUT2D eigenvalue weighted by molar-refractivity contribution is 5.98. The van der Waals surface area contributed by atoms with Crippen molar-refractivity contribution in [2.24, 2.45) is 5.92 Å². The van der Waals surface area contributed by atoms with Gasteiger partial charge in [0.2, 0.25) is 11.7 Å². The molecule has 0 bridgehead atoms. The van der Waals surface area contributed by atoms with Crippen LogP contribution in [0.3, 0.4) is 0 Å². The van der Waals surface area contributed by atoms with Gasteiger partial charge in [-0.3, -0.25) is 14.5 Å². The minimum absolute atomic E-state index is 0.101. The molecule has 5 atom stereocenters. The first-order chi connectivity index (χ1) is 17.8. The predicted octanol–water partition coefficient (Wildman–Crippen LogP) is 3.77. The molecule has 1 aromatic heterocycles. The maximum Gasteiger partial charge on any atom is 0.417 e. The Morgan fingerprint density at radius 1 is 1.26 bits per heavy atom. The van der Waals surface area contributed by atoms with Crippen molar-refractivity contribution in [2.75, 3.05) is 30.4 Å². The molecule has 2 fully saturated rings. The Kier molecular flexibility index (Phi) is 7.36. The summed E-state index contributed by atoms with van der Waals surface area (Å²) in [6.07, 6.45) is -5.28. The third kappa shape index (κ3) is 4.68. The van der Waals surface area contributed by atoms with Crippen LogP contribution >= 0.6 is 0 Å². The number of carbonyl (C=O) groups is 2. The number of piperazine rings is 1. The second-order valence-corrected chi connectivity index (χ2v) is 9.58. The fourth-order valence-corrected chi connectivity index (χ4v) is 5.05. The summed E-state index contributed by atoms with van der Waals surface area (Å²) in [4.78, 5) is 31.5. The predicted molar refractivity (Wildman–Crippen MR) is 127 cm³/mol. The lowest BCUT2D eigenvalue weighted by atomic mass is 9.77. The molecule has 8 nitrogen and oxygen atoms in total. The Bertz CT molecular complexity index is 1240. The van der Waals surface area contributed by atoms with Gasteiger partial charge < -0.3 is 20.1 Å². The second-order valence-electron chi connectivity index (χ2n) is 9.58. The molecule has 0 radical (unpaired) electrons. The number of hydrogen-bond acceptors (Lipinski definition) is 6. The van der Waals surface area contributed by atoms with Gasteiger partial charge in [-0.15, -0.1) is 0 Å². The summed E-state index contributed by atoms with van der Waals surface area (Å²) >= 11 is 0. The number of alkyl halides is 3. The SMILES string of the molecule is COc1c([C@H]2[C@H](C(=O)Nc3ccnc(N4C(=O)CNC[C@@H]4C)c3)O[C@@](C)(C(F)(F)F)[C@H]2C)ccc(F)c1F. The summed E-state index contributed by atoms with van der Waals surface area (Å²) in [6, 6.07) is 4.45. The molecule has 206 valence electrons. The maximum atomic E-state index is 14.5. The van der Waals surface area contributed by atoms with E-state index >= 15 is 0 Å². The molecule has 1 aromatic carbocycles. The normalized spacial score (nSPS) is 27.9. The van der Waals surface area contributed by atoms with Crippen molar-refractivity contribution in [3.8, 4) is 5.75 Å². The molecule has 4 rings (SSSR count). The molecule has 2 aliphatic heterocycles. The number of halogens is 5. The first-order valence-corrected chi connectivity index (χ1v) is 11.9. The van der Waals surface area contributed by atoms with Crippen molar-refractivity contribution in [3.63, 3.8) is 0 Å². The number of rotatable bonds is 5. The van der Waals surface area contributed by atoms with Crippen molar-refractivity contribution < 1.29 is 41.0 Å². The number of pyridine rings is 1. The fraction of sp³-hybridized carbons (Fsp3) is 0.480. The van der Waals surface area contributed by atoms with Crippen molar-refractivity contribution in [1.29, 1.82) is 0 Å². The van der Waals surface area contributed by atoms with E-state index in [1.807, 2.05) is 6.92 Å². The quantitative estimate of drug-likeness (QED) is 0.559. The molecule has 13 heteroatoms. The molecular weight excluding hydrogens is 515 g/mol. The summed E-state index contributed by atoms with van der Waals surface area (Å²) in [5.74, 6) is -6.90. The molecule has 2 aromatic rings. The van der Waals surface area contributed by atoms with Crippen LogP contribution in [0.2, 0.25) is 0 Å². The highest BCUT2D eigenvalue weighted by Crippen LogP contribution is 2.55. The van der Waals surface area contributed by atoms with E-state index in [0.29, 0.717) is 6.54 Å². The third-order valence-electron chi connectivity index (χ3n) is 7.26. The number of nitrogens with zero attached hydrogens (tertiary/aromatic N) is 2. The van der Waals surface area contributed by atoms with Crippen molar-refractivity contribution >= 4 is 23.3 Å². The van der Waals surface area contributed by atoms with E-state index < -0.39 is 53.0 Å². The first kappa shape index (κ1) is 27.7. The van der Waals surface area contributed by atoms with Crippen LogP contribution in [-0.4, -0.2) is 60.9 Å². The molecular formula is C25H27F5N4O4. The van der Waals surface area contributed by atoms with E-state index in [9.17, 15) is 31.5 Å². The highest BCUT2D eigenvalue weighted by Gasteiger charge is 2.66. The van der Waals surface area contributed by atoms with E-state index in [1.54, 1.807) is 0 Å². The van der Waals surface area contributed by atoms with Crippen molar-refractivity contribution in [1.82, 2.24) is 10.3 Å². The van der Waals surface area contributed by atoms with Crippen molar-refractivity contribution in [2.45, 2.75) is 50.6 Å². The first-order valence-electron chi connectivity index (χ1n) is 11.9. The van der Waals surface area contributed by atoms with E-state index in [1.165, 1.54) is 30.2 Å². The Morgan fingerprint density at radius 2 is 1.97 bits per heavy atom. The highest BCUT2D eigenvalue weighted by atomic mass is 19.4. The number of nitrogens with one attached hydrogen (secondary N) is 2. The monoisotopic (exact) mass is 542 g/mol. The van der Waals surface area contributed by atoms with Crippen LogP contribution in [0.15, 0.2) is 30.5 Å². The van der Waals surface area contributed by atoms with Gasteiger partial charge in [-0.2, -0.15) is 17.6 Å². The number of ether oxygens (including phenoxy) is 2. The lowest BCUT2D eigenvalue weighted by molar-refractivity contribution is -0.272. The second kappa shape index (κ2) is 10.1. The molecule has 2 amide bonds. The van der Waals surface area contributed by atoms with Crippen LogP contribution in [-0.2, 0) is 14.3 Å². The van der Waals surface area contributed by atoms with Crippen LogP contribution < -0.4 is 20.3 Å². The largest absolute Gasteiger partial charge is 0.493 e. The zero-order valence-corrected chi connectivity index (χ0v) is 21.0. The summed E-state index contributed by atoms with van der Waals surface area (Å²) in [5, 5.41) is 5.50. The molecule has 0 saturated carbocycles. The smallest absolute Gasteiger partial charge is 0.417 e. The average molecular weight is 543 g/mol. The lowest BCUT2D eigenvalue weighted by Crippen LogP contribution is -2.54. The Balaban J connectivity index is 1.70. The van der Waals surface area contributed by atoms with E-state index in [-0.39, 0.29) is 35.6 Å². The zero-order chi connectivity index (χ0) is 28.0. The minimum Gasteiger partial charge on any atom is -0.493 e. The minimum atomic E-state index is -4.88. The van der Waals surface area contributed by atoms with Gasteiger partial charge in [0, 0.05) is 47.9 Å². The van der Waals surface area contributed by atoms with Crippen LogP contribution in [0.4, 0.5) is 33.5 Å². The third-order valence-corrected chi connectivity index (χ3v) is 7.26. The number of anilines is 2. The average Bonchev–Trinajstić information content (AvgIpc) is 3.13. The maximum absolute atomic E-state index is 14.5. The number of aromatic nitrogens is 1. The topological polar surface area (TPSA) is 92.8 Å². The summed E-state index contributed by atoms with van der Waals surface area (Å²) in [7, 11) is 1.05. The molecule has 0 spiro atoms. The van der Waals surface area contributed by atoms with Crippen LogP contribution in [0.1, 0.15) is 32.3 Å². The molecule has 2 N–H and O–H groups in total. The Labute approximate surface area is 215 Å². The van der Waals surface area contributed by atoms with Crippen LogP contribution in [0.5, 0.6) is 5.75 Å². The van der Waals surface area contributed by atoms with Gasteiger partial charge in [0.1, 0.15) is 11.9 Å². The van der Waals surface area contributed by atoms with Gasteiger partial charge in [0.25, 0.3) is 5.91 Å². The Hall–Kier alpha value is -3.32. The van der Waals surface area contributed by atoms with Gasteiger partial charge in [-0.25, -0.2) is 9.37 Å². The summed E-state index contributed by atoms with van der Waals surface area (Å²) in [6.45, 7) is 4.47. The van der Waals surface area contributed by atoms with Gasteiger partial charge >= 0.3 is 6.18 Å². The number of amides is 2. The number of methoxy groups -OCH3 is 1. The molecule has 2 saturated heterocycles. The Morgan fingerprint density at radius 3 is 2.61 bits per heavy atom. The molecule has 3 heterocycles. The van der Waals surface area contributed by atoms with Crippen LogP contribution in [0, 0.1) is 17.6 Å². The van der Waals surface area contributed by atoms with Gasteiger partial charge in [0.15, 0.2) is 17.2 Å². The molecule has 0 unspecified atom stereocenters. The van der Waals surface area contributed by atoms with Gasteiger partial charge in [-0.1, -0.05) is 13.0 Å². The summed E-state index contributed by atoms with van der Waals surface area (Å²) < 4.78 is 81.2.